The minimum atomic E-state index is -0.457. The summed E-state index contributed by atoms with van der Waals surface area (Å²) >= 11 is 0. The van der Waals surface area contributed by atoms with Crippen molar-refractivity contribution < 1.29 is 14.4 Å². The van der Waals surface area contributed by atoms with E-state index < -0.39 is 11.5 Å². The Morgan fingerprint density at radius 2 is 2.05 bits per heavy atom. The molecular weight excluding hydrogens is 246 g/mol. The number of amides is 3. The van der Waals surface area contributed by atoms with Crippen LogP contribution in [0.2, 0.25) is 0 Å². The maximum absolute atomic E-state index is 12.0. The maximum Gasteiger partial charge on any atom is 0.242 e. The zero-order valence-corrected chi connectivity index (χ0v) is 12.1. The van der Waals surface area contributed by atoms with Crippen molar-refractivity contribution in [2.75, 3.05) is 19.6 Å². The number of hydrogen-bond donors (Lipinski definition) is 2. The van der Waals surface area contributed by atoms with Crippen LogP contribution in [-0.2, 0) is 14.4 Å². The van der Waals surface area contributed by atoms with E-state index in [1.54, 1.807) is 11.8 Å². The zero-order valence-electron chi connectivity index (χ0n) is 12.1. The van der Waals surface area contributed by atoms with Gasteiger partial charge in [0.1, 0.15) is 6.04 Å². The third kappa shape index (κ3) is 4.22. The second-order valence-electron chi connectivity index (χ2n) is 5.81. The van der Waals surface area contributed by atoms with E-state index in [1.807, 2.05) is 20.8 Å². The van der Waals surface area contributed by atoms with Crippen LogP contribution in [0.3, 0.4) is 0 Å². The average Bonchev–Trinajstić information content (AvgIpc) is 2.31. The van der Waals surface area contributed by atoms with Crippen molar-refractivity contribution in [3.05, 3.63) is 0 Å². The van der Waals surface area contributed by atoms with Crippen LogP contribution < -0.4 is 10.6 Å². The van der Waals surface area contributed by atoms with Crippen molar-refractivity contribution >= 4 is 17.7 Å². The van der Waals surface area contributed by atoms with Crippen LogP contribution in [-0.4, -0.2) is 48.3 Å². The molecule has 0 aromatic carbocycles. The summed E-state index contributed by atoms with van der Waals surface area (Å²) in [7, 11) is 0. The first kappa shape index (κ1) is 15.5. The standard InChI is InChI=1S/C13H23N3O3/c1-9-11(18)14-7-8-16(9)10(17)5-6-15-12(19)13(2,3)4/h9H,5-8H2,1-4H3,(H,14,18)(H,15,19). The molecule has 1 fully saturated rings. The van der Waals surface area contributed by atoms with Gasteiger partial charge in [-0.25, -0.2) is 0 Å². The molecule has 0 bridgehead atoms. The summed E-state index contributed by atoms with van der Waals surface area (Å²) in [4.78, 5) is 36.6. The van der Waals surface area contributed by atoms with Crippen molar-refractivity contribution in [3.8, 4) is 0 Å². The van der Waals surface area contributed by atoms with Gasteiger partial charge in [0.15, 0.2) is 0 Å². The first-order valence-electron chi connectivity index (χ1n) is 6.59. The summed E-state index contributed by atoms with van der Waals surface area (Å²) < 4.78 is 0. The quantitative estimate of drug-likeness (QED) is 0.750. The molecule has 0 aliphatic carbocycles. The van der Waals surface area contributed by atoms with Crippen LogP contribution in [0, 0.1) is 5.41 Å². The number of piperazine rings is 1. The van der Waals surface area contributed by atoms with Crippen LogP contribution >= 0.6 is 0 Å². The van der Waals surface area contributed by atoms with E-state index >= 15 is 0 Å². The maximum atomic E-state index is 12.0. The van der Waals surface area contributed by atoms with E-state index in [1.165, 1.54) is 0 Å². The summed E-state index contributed by atoms with van der Waals surface area (Å²) in [6.45, 7) is 8.49. The highest BCUT2D eigenvalue weighted by atomic mass is 16.2. The van der Waals surface area contributed by atoms with Crippen LogP contribution in [0.4, 0.5) is 0 Å². The zero-order chi connectivity index (χ0) is 14.6. The molecule has 2 N–H and O–H groups in total. The van der Waals surface area contributed by atoms with Gasteiger partial charge in [0.2, 0.25) is 17.7 Å². The van der Waals surface area contributed by atoms with Gasteiger partial charge in [-0.2, -0.15) is 0 Å². The van der Waals surface area contributed by atoms with Gasteiger partial charge in [-0.05, 0) is 6.92 Å². The lowest BCUT2D eigenvalue weighted by molar-refractivity contribution is -0.142. The molecule has 0 radical (unpaired) electrons. The lowest BCUT2D eigenvalue weighted by atomic mass is 9.96. The van der Waals surface area contributed by atoms with Crippen LogP contribution in [0.5, 0.6) is 0 Å². The summed E-state index contributed by atoms with van der Waals surface area (Å²) in [5, 5.41) is 5.44. The second kappa shape index (κ2) is 6.04. The number of carbonyl (C=O) groups is 3. The van der Waals surface area contributed by atoms with Crippen LogP contribution in [0.15, 0.2) is 0 Å². The molecule has 1 aliphatic heterocycles. The van der Waals surface area contributed by atoms with E-state index in [4.69, 9.17) is 0 Å². The van der Waals surface area contributed by atoms with E-state index in [0.29, 0.717) is 19.6 Å². The molecular formula is C13H23N3O3. The van der Waals surface area contributed by atoms with Crippen LogP contribution in [0.25, 0.3) is 0 Å². The first-order chi connectivity index (χ1) is 8.73. The number of carbonyl (C=O) groups excluding carboxylic acids is 3. The molecule has 3 amide bonds. The van der Waals surface area contributed by atoms with Gasteiger partial charge < -0.3 is 15.5 Å². The van der Waals surface area contributed by atoms with Crippen LogP contribution in [0.1, 0.15) is 34.1 Å². The van der Waals surface area contributed by atoms with Gasteiger partial charge in [0.05, 0.1) is 0 Å². The van der Waals surface area contributed by atoms with Gasteiger partial charge in [-0.3, -0.25) is 14.4 Å². The lowest BCUT2D eigenvalue weighted by Crippen LogP contribution is -2.56. The van der Waals surface area contributed by atoms with Gasteiger partial charge in [0.25, 0.3) is 0 Å². The minimum Gasteiger partial charge on any atom is -0.355 e. The number of nitrogens with one attached hydrogen (secondary N) is 2. The Labute approximate surface area is 113 Å². The second-order valence-corrected chi connectivity index (χ2v) is 5.81. The Morgan fingerprint density at radius 3 is 2.63 bits per heavy atom. The fourth-order valence-electron chi connectivity index (χ4n) is 1.81. The lowest BCUT2D eigenvalue weighted by Gasteiger charge is -2.33. The summed E-state index contributed by atoms with van der Waals surface area (Å²) in [5.41, 5.74) is -0.457. The van der Waals surface area contributed by atoms with E-state index in [9.17, 15) is 14.4 Å². The van der Waals surface area contributed by atoms with Gasteiger partial charge in [0, 0.05) is 31.5 Å². The molecule has 19 heavy (non-hydrogen) atoms. The SMILES string of the molecule is CC1C(=O)NCCN1C(=O)CCNC(=O)C(C)(C)C. The average molecular weight is 269 g/mol. The smallest absolute Gasteiger partial charge is 0.242 e. The molecule has 1 atom stereocenters. The molecule has 6 nitrogen and oxygen atoms in total. The highest BCUT2D eigenvalue weighted by Gasteiger charge is 2.29. The largest absolute Gasteiger partial charge is 0.355 e. The molecule has 0 aromatic heterocycles. The number of rotatable bonds is 3. The molecule has 108 valence electrons. The molecule has 1 aliphatic rings. The molecule has 1 saturated heterocycles. The van der Waals surface area contributed by atoms with Crippen molar-refractivity contribution in [1.82, 2.24) is 15.5 Å². The van der Waals surface area contributed by atoms with Crippen molar-refractivity contribution in [2.45, 2.75) is 40.2 Å². The highest BCUT2D eigenvalue weighted by Crippen LogP contribution is 2.12. The normalized spacial score (nSPS) is 19.9. The van der Waals surface area contributed by atoms with Crippen molar-refractivity contribution in [3.63, 3.8) is 0 Å². The Kier molecular flexibility index (Phi) is 4.91. The predicted octanol–water partition coefficient (Wildman–Crippen LogP) is -0.114. The van der Waals surface area contributed by atoms with E-state index in [-0.39, 0.29) is 24.1 Å². The topological polar surface area (TPSA) is 78.5 Å². The van der Waals surface area contributed by atoms with E-state index in [2.05, 4.69) is 10.6 Å². The molecule has 1 unspecified atom stereocenters. The van der Waals surface area contributed by atoms with E-state index in [0.717, 1.165) is 0 Å². The molecule has 6 heteroatoms. The Balaban J connectivity index is 2.39. The molecule has 1 heterocycles. The molecule has 0 spiro atoms. The Hall–Kier alpha value is -1.59. The molecule has 1 rings (SSSR count). The third-order valence-electron chi connectivity index (χ3n) is 3.12. The van der Waals surface area contributed by atoms with Gasteiger partial charge in [-0.15, -0.1) is 0 Å². The van der Waals surface area contributed by atoms with Crippen molar-refractivity contribution in [1.29, 1.82) is 0 Å². The summed E-state index contributed by atoms with van der Waals surface area (Å²) in [5.74, 6) is -0.306. The Bertz CT molecular complexity index is 374. The minimum absolute atomic E-state index is 0.0789. The number of hydrogen-bond acceptors (Lipinski definition) is 3. The summed E-state index contributed by atoms with van der Waals surface area (Å²) in [6, 6.07) is -0.431. The third-order valence-corrected chi connectivity index (χ3v) is 3.12. The highest BCUT2D eigenvalue weighted by molar-refractivity contribution is 5.88. The fraction of sp³-hybridized carbons (Fsp3) is 0.769. The monoisotopic (exact) mass is 269 g/mol. The van der Waals surface area contributed by atoms with Crippen molar-refractivity contribution in [2.24, 2.45) is 5.41 Å². The Morgan fingerprint density at radius 1 is 1.42 bits per heavy atom. The number of nitrogens with zero attached hydrogens (tertiary/aromatic N) is 1. The molecule has 0 saturated carbocycles. The van der Waals surface area contributed by atoms with Gasteiger partial charge in [-0.1, -0.05) is 20.8 Å². The summed E-state index contributed by atoms with van der Waals surface area (Å²) in [6.07, 6.45) is 0.222. The first-order valence-corrected chi connectivity index (χ1v) is 6.59. The predicted molar refractivity (Wildman–Crippen MR) is 71.3 cm³/mol. The van der Waals surface area contributed by atoms with Gasteiger partial charge >= 0.3 is 0 Å². The molecule has 0 aromatic rings. The fourth-order valence-corrected chi connectivity index (χ4v) is 1.81.